The first-order chi connectivity index (χ1) is 13.3. The molecule has 0 aliphatic heterocycles. The standard InChI is InChI=1S/C17H13N5O2S3/c23-14(18-9-11-5-2-1-3-6-11)16-21-19-13(27-16)10-26-17-22-20-15(24-17)12-7-4-8-25-12/h1-8H,9-10H2,(H,18,23). The molecule has 0 fully saturated rings. The molecule has 0 aliphatic carbocycles. The molecule has 0 bridgehead atoms. The first kappa shape index (κ1) is 17.8. The van der Waals surface area contributed by atoms with E-state index in [-0.39, 0.29) is 5.91 Å². The third-order valence-corrected chi connectivity index (χ3v) is 6.21. The number of amides is 1. The quantitative estimate of drug-likeness (QED) is 0.458. The van der Waals surface area contributed by atoms with Gasteiger partial charge in [-0.2, -0.15) is 0 Å². The fourth-order valence-corrected chi connectivity index (χ4v) is 4.30. The summed E-state index contributed by atoms with van der Waals surface area (Å²) in [7, 11) is 0. The Hall–Kier alpha value is -2.56. The Kier molecular flexibility index (Phi) is 5.56. The van der Waals surface area contributed by atoms with E-state index >= 15 is 0 Å². The van der Waals surface area contributed by atoms with Gasteiger partial charge in [-0.05, 0) is 17.0 Å². The summed E-state index contributed by atoms with van der Waals surface area (Å²) in [6, 6.07) is 13.6. The van der Waals surface area contributed by atoms with Crippen LogP contribution in [0.3, 0.4) is 0 Å². The second kappa shape index (κ2) is 8.42. The average molecular weight is 416 g/mol. The lowest BCUT2D eigenvalue weighted by Crippen LogP contribution is -2.22. The Morgan fingerprint density at radius 1 is 1.07 bits per heavy atom. The third kappa shape index (κ3) is 4.59. The number of nitrogens with one attached hydrogen (secondary N) is 1. The van der Waals surface area contributed by atoms with Crippen molar-refractivity contribution in [3.63, 3.8) is 0 Å². The molecule has 1 amide bonds. The van der Waals surface area contributed by atoms with Crippen molar-refractivity contribution in [2.75, 3.05) is 0 Å². The average Bonchev–Trinajstić information content (AvgIpc) is 3.46. The van der Waals surface area contributed by atoms with Crippen LogP contribution in [0.2, 0.25) is 0 Å². The lowest BCUT2D eigenvalue weighted by molar-refractivity contribution is 0.0950. The highest BCUT2D eigenvalue weighted by Gasteiger charge is 2.15. The highest BCUT2D eigenvalue weighted by Crippen LogP contribution is 2.28. The van der Waals surface area contributed by atoms with E-state index in [1.807, 2.05) is 47.8 Å². The normalized spacial score (nSPS) is 10.8. The molecule has 0 saturated heterocycles. The van der Waals surface area contributed by atoms with Gasteiger partial charge in [-0.25, -0.2) is 0 Å². The second-order valence-corrected chi connectivity index (χ2v) is 8.24. The summed E-state index contributed by atoms with van der Waals surface area (Å²) in [5.41, 5.74) is 1.03. The zero-order valence-electron chi connectivity index (χ0n) is 13.9. The van der Waals surface area contributed by atoms with Crippen LogP contribution in [-0.2, 0) is 12.3 Å². The Morgan fingerprint density at radius 3 is 2.78 bits per heavy atom. The smallest absolute Gasteiger partial charge is 0.282 e. The largest absolute Gasteiger partial charge is 0.410 e. The monoisotopic (exact) mass is 415 g/mol. The molecule has 136 valence electrons. The highest BCUT2D eigenvalue weighted by molar-refractivity contribution is 7.98. The van der Waals surface area contributed by atoms with Gasteiger partial charge in [-0.15, -0.1) is 31.7 Å². The van der Waals surface area contributed by atoms with Crippen molar-refractivity contribution in [1.82, 2.24) is 25.7 Å². The minimum absolute atomic E-state index is 0.231. The molecule has 0 spiro atoms. The van der Waals surface area contributed by atoms with Crippen molar-refractivity contribution < 1.29 is 9.21 Å². The summed E-state index contributed by atoms with van der Waals surface area (Å²) in [5.74, 6) is 0.784. The van der Waals surface area contributed by atoms with E-state index in [0.29, 0.717) is 28.4 Å². The summed E-state index contributed by atoms with van der Waals surface area (Å²) < 4.78 is 5.62. The van der Waals surface area contributed by atoms with Gasteiger partial charge in [0.25, 0.3) is 17.0 Å². The van der Waals surface area contributed by atoms with Crippen molar-refractivity contribution in [3.05, 3.63) is 63.4 Å². The first-order valence-corrected chi connectivity index (χ1v) is 10.6. The van der Waals surface area contributed by atoms with Crippen LogP contribution in [0.1, 0.15) is 20.4 Å². The van der Waals surface area contributed by atoms with Crippen LogP contribution in [0.25, 0.3) is 10.8 Å². The summed E-state index contributed by atoms with van der Waals surface area (Å²) >= 11 is 4.17. The second-order valence-electron chi connectivity index (χ2n) is 5.31. The molecule has 0 unspecified atom stereocenters. The number of aromatic nitrogens is 4. The molecule has 1 aromatic carbocycles. The van der Waals surface area contributed by atoms with Gasteiger partial charge in [0.05, 0.1) is 10.6 Å². The van der Waals surface area contributed by atoms with Gasteiger partial charge in [-0.3, -0.25) is 4.79 Å². The van der Waals surface area contributed by atoms with Gasteiger partial charge in [-0.1, -0.05) is 59.5 Å². The van der Waals surface area contributed by atoms with Crippen molar-refractivity contribution in [1.29, 1.82) is 0 Å². The molecule has 3 aromatic heterocycles. The molecule has 0 saturated carbocycles. The van der Waals surface area contributed by atoms with Crippen LogP contribution in [0.15, 0.2) is 57.5 Å². The van der Waals surface area contributed by atoms with E-state index in [4.69, 9.17) is 4.42 Å². The van der Waals surface area contributed by atoms with Crippen molar-refractivity contribution in [2.45, 2.75) is 17.5 Å². The maximum Gasteiger partial charge on any atom is 0.282 e. The van der Waals surface area contributed by atoms with Crippen LogP contribution in [-0.4, -0.2) is 26.3 Å². The molecule has 10 heteroatoms. The molecule has 27 heavy (non-hydrogen) atoms. The molecule has 0 aliphatic rings. The number of rotatable bonds is 7. The van der Waals surface area contributed by atoms with E-state index in [9.17, 15) is 4.79 Å². The summed E-state index contributed by atoms with van der Waals surface area (Å²) in [4.78, 5) is 13.1. The Labute approximate surface area is 166 Å². The number of carbonyl (C=O) groups is 1. The summed E-state index contributed by atoms with van der Waals surface area (Å²) in [6.07, 6.45) is 0. The lowest BCUT2D eigenvalue weighted by atomic mass is 10.2. The number of thiophene rings is 1. The number of carbonyl (C=O) groups excluding carboxylic acids is 1. The van der Waals surface area contributed by atoms with Crippen LogP contribution in [0.4, 0.5) is 0 Å². The van der Waals surface area contributed by atoms with Crippen LogP contribution < -0.4 is 5.32 Å². The van der Waals surface area contributed by atoms with Crippen LogP contribution >= 0.6 is 34.4 Å². The van der Waals surface area contributed by atoms with Gasteiger partial charge in [0.2, 0.25) is 5.01 Å². The van der Waals surface area contributed by atoms with E-state index in [0.717, 1.165) is 15.4 Å². The van der Waals surface area contributed by atoms with E-state index in [1.165, 1.54) is 23.1 Å². The van der Waals surface area contributed by atoms with Gasteiger partial charge >= 0.3 is 0 Å². The molecule has 4 aromatic rings. The predicted molar refractivity (Wildman–Crippen MR) is 105 cm³/mol. The van der Waals surface area contributed by atoms with E-state index < -0.39 is 0 Å². The predicted octanol–water partition coefficient (Wildman–Crippen LogP) is 3.87. The number of thioether (sulfide) groups is 1. The Bertz CT molecular complexity index is 1010. The zero-order valence-corrected chi connectivity index (χ0v) is 16.3. The number of hydrogen-bond acceptors (Lipinski definition) is 9. The first-order valence-electron chi connectivity index (χ1n) is 7.92. The van der Waals surface area contributed by atoms with Crippen LogP contribution in [0, 0.1) is 0 Å². The van der Waals surface area contributed by atoms with Gasteiger partial charge in [0, 0.05) is 6.54 Å². The van der Waals surface area contributed by atoms with Crippen molar-refractivity contribution >= 4 is 40.3 Å². The third-order valence-electron chi connectivity index (χ3n) is 3.41. The Morgan fingerprint density at radius 2 is 1.96 bits per heavy atom. The van der Waals surface area contributed by atoms with E-state index in [1.54, 1.807) is 11.3 Å². The number of benzene rings is 1. The summed E-state index contributed by atoms with van der Waals surface area (Å²) in [5, 5.41) is 22.4. The lowest BCUT2D eigenvalue weighted by Gasteiger charge is -2.01. The van der Waals surface area contributed by atoms with Crippen molar-refractivity contribution in [2.24, 2.45) is 0 Å². The maximum absolute atomic E-state index is 12.2. The van der Waals surface area contributed by atoms with Gasteiger partial charge in [0.15, 0.2) is 0 Å². The molecule has 0 radical (unpaired) electrons. The molecular formula is C17H13N5O2S3. The fraction of sp³-hybridized carbons (Fsp3) is 0.118. The number of hydrogen-bond donors (Lipinski definition) is 1. The molecule has 1 N–H and O–H groups in total. The van der Waals surface area contributed by atoms with Gasteiger partial charge < -0.3 is 9.73 Å². The molecular weight excluding hydrogens is 402 g/mol. The fourth-order valence-electron chi connectivity index (χ4n) is 2.15. The topological polar surface area (TPSA) is 93.8 Å². The SMILES string of the molecule is O=C(NCc1ccccc1)c1nnc(CSc2nnc(-c3cccs3)o2)s1. The molecule has 3 heterocycles. The minimum atomic E-state index is -0.231. The van der Waals surface area contributed by atoms with Crippen LogP contribution in [0.5, 0.6) is 0 Å². The van der Waals surface area contributed by atoms with Crippen molar-refractivity contribution in [3.8, 4) is 10.8 Å². The highest BCUT2D eigenvalue weighted by atomic mass is 32.2. The number of nitrogens with zero attached hydrogens (tertiary/aromatic N) is 4. The Balaban J connectivity index is 1.31. The molecule has 4 rings (SSSR count). The zero-order chi connectivity index (χ0) is 18.5. The molecule has 7 nitrogen and oxygen atoms in total. The van der Waals surface area contributed by atoms with E-state index in [2.05, 4.69) is 25.7 Å². The minimum Gasteiger partial charge on any atom is -0.410 e. The van der Waals surface area contributed by atoms with Gasteiger partial charge in [0.1, 0.15) is 5.01 Å². The summed E-state index contributed by atoms with van der Waals surface area (Å²) in [6.45, 7) is 0.455. The maximum atomic E-state index is 12.2. The molecule has 0 atom stereocenters.